The first-order valence-electron chi connectivity index (χ1n) is 5.50. The van der Waals surface area contributed by atoms with Crippen LogP contribution in [0.15, 0.2) is 0 Å². The molecule has 0 saturated carbocycles. The minimum Gasteiger partial charge on any atom is -0.402 e. The lowest BCUT2D eigenvalue weighted by Crippen LogP contribution is -2.62. The van der Waals surface area contributed by atoms with Crippen molar-refractivity contribution in [2.75, 3.05) is 6.61 Å². The van der Waals surface area contributed by atoms with Crippen LogP contribution in [-0.4, -0.2) is 46.3 Å². The van der Waals surface area contributed by atoms with Crippen LogP contribution >= 0.6 is 0 Å². The monoisotopic (exact) mass is 397 g/mol. The fourth-order valence-corrected chi connectivity index (χ4v) is 9.59. The Morgan fingerprint density at radius 2 is 1.23 bits per heavy atom. The minimum atomic E-state index is -6.81. The number of alkyl halides is 6. The van der Waals surface area contributed by atoms with Gasteiger partial charge in [0.15, 0.2) is 0 Å². The largest absolute Gasteiger partial charge is 0.512 e. The van der Waals surface area contributed by atoms with Gasteiger partial charge in [-0.3, -0.25) is 0 Å². The zero-order valence-electron chi connectivity index (χ0n) is 11.5. The van der Waals surface area contributed by atoms with Crippen molar-refractivity contribution in [2.45, 2.75) is 37.5 Å². The second-order valence-corrected chi connectivity index (χ2v) is 12.5. The molecule has 0 heterocycles. The van der Waals surface area contributed by atoms with E-state index in [1.165, 1.54) is 6.92 Å². The van der Waals surface area contributed by atoms with Gasteiger partial charge in [0.1, 0.15) is 0 Å². The minimum absolute atomic E-state index is 0.127. The predicted molar refractivity (Wildman–Crippen MR) is 65.5 cm³/mol. The standard InChI is InChI=1S/C7H13F6NO5S2Si/c1-4-5-19-22(2,3)14(20(15,16)6(8,9)10)21(17,18)7(11,12)13/h4-5H2,1-3H3. The summed E-state index contributed by atoms with van der Waals surface area (Å²) in [6.45, 7) is 2.26. The number of rotatable bonds is 6. The summed E-state index contributed by atoms with van der Waals surface area (Å²) < 4.78 is 124. The van der Waals surface area contributed by atoms with Crippen LogP contribution in [0.5, 0.6) is 0 Å². The third-order valence-electron chi connectivity index (χ3n) is 2.12. The molecule has 0 N–H and O–H groups in total. The lowest BCUT2D eigenvalue weighted by atomic mass is 10.5. The van der Waals surface area contributed by atoms with Crippen molar-refractivity contribution in [2.24, 2.45) is 0 Å². The molecule has 15 heteroatoms. The van der Waals surface area contributed by atoms with Gasteiger partial charge in [-0.1, -0.05) is 10.3 Å². The highest BCUT2D eigenvalue weighted by Gasteiger charge is 2.66. The molecule has 0 rings (SSSR count). The second kappa shape index (κ2) is 6.25. The molecule has 0 aromatic rings. The summed E-state index contributed by atoms with van der Waals surface area (Å²) in [6.07, 6.45) is 0.127. The Hall–Kier alpha value is -0.383. The van der Waals surface area contributed by atoms with E-state index < -0.39 is 49.5 Å². The Kier molecular flexibility index (Phi) is 6.15. The molecule has 0 saturated heterocycles. The maximum atomic E-state index is 12.6. The molecule has 0 amide bonds. The van der Waals surface area contributed by atoms with Gasteiger partial charge in [-0.2, -0.15) is 26.3 Å². The Morgan fingerprint density at radius 3 is 1.45 bits per heavy atom. The molecule has 0 aromatic heterocycles. The highest BCUT2D eigenvalue weighted by atomic mass is 32.3. The van der Waals surface area contributed by atoms with Crippen LogP contribution in [0.4, 0.5) is 26.3 Å². The van der Waals surface area contributed by atoms with Gasteiger partial charge in [0.05, 0.1) is 0 Å². The molecule has 0 radical (unpaired) electrons. The van der Waals surface area contributed by atoms with Gasteiger partial charge < -0.3 is 4.43 Å². The fourth-order valence-electron chi connectivity index (χ4n) is 1.30. The second-order valence-electron chi connectivity index (χ2n) is 4.39. The van der Waals surface area contributed by atoms with Crippen molar-refractivity contribution in [1.82, 2.24) is 3.38 Å². The Bertz CT molecular complexity index is 552. The number of halogens is 6. The molecular formula is C7H13F6NO5S2Si. The summed E-state index contributed by atoms with van der Waals surface area (Å²) in [4.78, 5) is 0. The van der Waals surface area contributed by atoms with E-state index in [2.05, 4.69) is 0 Å². The molecule has 22 heavy (non-hydrogen) atoms. The van der Waals surface area contributed by atoms with Gasteiger partial charge in [0, 0.05) is 6.61 Å². The zero-order chi connectivity index (χ0) is 18.2. The average molecular weight is 397 g/mol. The Balaban J connectivity index is 6.41. The zero-order valence-corrected chi connectivity index (χ0v) is 14.1. The topological polar surface area (TPSA) is 80.8 Å². The van der Waals surface area contributed by atoms with Crippen molar-refractivity contribution in [3.63, 3.8) is 0 Å². The van der Waals surface area contributed by atoms with Crippen LogP contribution in [0.25, 0.3) is 0 Å². The van der Waals surface area contributed by atoms with Crippen molar-refractivity contribution in [3.05, 3.63) is 0 Å². The van der Waals surface area contributed by atoms with Crippen molar-refractivity contribution < 1.29 is 47.6 Å². The van der Waals surface area contributed by atoms with E-state index in [-0.39, 0.29) is 6.42 Å². The van der Waals surface area contributed by atoms with Gasteiger partial charge in [-0.25, -0.2) is 16.8 Å². The van der Waals surface area contributed by atoms with E-state index >= 15 is 0 Å². The van der Waals surface area contributed by atoms with Gasteiger partial charge >= 0.3 is 31.1 Å². The van der Waals surface area contributed by atoms with Crippen LogP contribution in [0.1, 0.15) is 13.3 Å². The smallest absolute Gasteiger partial charge is 0.402 e. The molecule has 0 aromatic carbocycles. The van der Waals surface area contributed by atoms with Crippen LogP contribution in [0, 0.1) is 0 Å². The summed E-state index contributed by atoms with van der Waals surface area (Å²) >= 11 is 0. The summed E-state index contributed by atoms with van der Waals surface area (Å²) in [5.74, 6) is 0. The maximum Gasteiger partial charge on any atom is 0.512 e. The van der Waals surface area contributed by atoms with Gasteiger partial charge in [0.2, 0.25) is 0 Å². The van der Waals surface area contributed by atoms with Crippen LogP contribution in [0.2, 0.25) is 13.1 Å². The number of hydrogen-bond acceptors (Lipinski definition) is 5. The number of hydrogen-bond donors (Lipinski definition) is 0. The van der Waals surface area contributed by atoms with E-state index in [1.807, 2.05) is 0 Å². The van der Waals surface area contributed by atoms with E-state index in [0.717, 1.165) is 0 Å². The molecule has 0 fully saturated rings. The van der Waals surface area contributed by atoms with Gasteiger partial charge in [-0.05, 0) is 19.5 Å². The lowest BCUT2D eigenvalue weighted by Gasteiger charge is -2.34. The molecule has 0 bridgehead atoms. The number of sulfonamides is 2. The highest BCUT2D eigenvalue weighted by Crippen LogP contribution is 2.38. The highest BCUT2D eigenvalue weighted by molar-refractivity contribution is 8.06. The first kappa shape index (κ1) is 21.6. The normalized spacial score (nSPS) is 15.4. The molecule has 0 atom stereocenters. The maximum absolute atomic E-state index is 12.6. The van der Waals surface area contributed by atoms with E-state index in [4.69, 9.17) is 4.43 Å². The molecule has 6 nitrogen and oxygen atoms in total. The van der Waals surface area contributed by atoms with Gasteiger partial charge in [0.25, 0.3) is 8.48 Å². The quantitative estimate of drug-likeness (QED) is 0.507. The third kappa shape index (κ3) is 4.12. The molecule has 0 unspecified atom stereocenters. The van der Waals surface area contributed by atoms with E-state index in [9.17, 15) is 43.2 Å². The van der Waals surface area contributed by atoms with Crippen LogP contribution in [-0.2, 0) is 24.5 Å². The predicted octanol–water partition coefficient (Wildman–Crippen LogP) is 2.12. The first-order chi connectivity index (χ1) is 9.43. The fraction of sp³-hybridized carbons (Fsp3) is 1.00. The molecule has 0 aliphatic heterocycles. The SMILES string of the molecule is CCCO[Si](C)(C)N(S(=O)(=O)C(F)(F)F)S(=O)(=O)C(F)(F)F. The number of nitrogens with zero attached hydrogens (tertiary/aromatic N) is 1. The Labute approximate surface area is 124 Å². The van der Waals surface area contributed by atoms with Crippen molar-refractivity contribution in [1.29, 1.82) is 0 Å². The summed E-state index contributed by atoms with van der Waals surface area (Å²) in [7, 11) is -18.2. The summed E-state index contributed by atoms with van der Waals surface area (Å²) in [6, 6.07) is 0. The Morgan fingerprint density at radius 1 is 0.909 bits per heavy atom. The third-order valence-corrected chi connectivity index (χ3v) is 11.2. The average Bonchev–Trinajstić information content (AvgIpc) is 2.21. The van der Waals surface area contributed by atoms with E-state index in [0.29, 0.717) is 13.1 Å². The molecule has 0 spiro atoms. The molecular weight excluding hydrogens is 384 g/mol. The van der Waals surface area contributed by atoms with Crippen LogP contribution < -0.4 is 0 Å². The summed E-state index contributed by atoms with van der Waals surface area (Å²) in [5, 5.41) is 0. The molecule has 134 valence electrons. The van der Waals surface area contributed by atoms with Crippen molar-refractivity contribution in [3.8, 4) is 0 Å². The summed E-state index contributed by atoms with van der Waals surface area (Å²) in [5.41, 5.74) is -12.5. The first-order valence-corrected chi connectivity index (χ1v) is 11.2. The molecule has 0 aliphatic rings. The van der Waals surface area contributed by atoms with Gasteiger partial charge in [-0.15, -0.1) is 0 Å². The lowest BCUT2D eigenvalue weighted by molar-refractivity contribution is -0.0515. The van der Waals surface area contributed by atoms with E-state index in [1.54, 1.807) is 0 Å². The van der Waals surface area contributed by atoms with Crippen LogP contribution in [0.3, 0.4) is 0 Å². The van der Waals surface area contributed by atoms with Crippen molar-refractivity contribution >= 4 is 28.5 Å². The molecule has 0 aliphatic carbocycles.